The molecule has 0 spiro atoms. The van der Waals surface area contributed by atoms with Crippen molar-refractivity contribution in [1.82, 2.24) is 16.0 Å². The van der Waals surface area contributed by atoms with E-state index in [1.54, 1.807) is 13.8 Å². The van der Waals surface area contributed by atoms with Crippen LogP contribution in [0.4, 0.5) is 0 Å². The molecule has 0 saturated heterocycles. The number of nitrogens with two attached hydrogens (primary N) is 2. The summed E-state index contributed by atoms with van der Waals surface area (Å²) >= 11 is 4.03. The average molecular weight is 478 g/mol. The number of nitrogens with one attached hydrogen (secondary N) is 3. The molecule has 5 unspecified atom stereocenters. The van der Waals surface area contributed by atoms with Crippen LogP contribution in [0.5, 0.6) is 0 Å². The van der Waals surface area contributed by atoms with Gasteiger partial charge in [-0.1, -0.05) is 20.3 Å². The summed E-state index contributed by atoms with van der Waals surface area (Å²) in [5.74, 6) is -5.20. The van der Waals surface area contributed by atoms with E-state index in [9.17, 15) is 29.1 Å². The van der Waals surface area contributed by atoms with Crippen molar-refractivity contribution in [1.29, 1.82) is 0 Å². The molecule has 0 aromatic rings. The van der Waals surface area contributed by atoms with Crippen molar-refractivity contribution in [2.24, 2.45) is 17.4 Å². The zero-order valence-electron chi connectivity index (χ0n) is 18.4. The topological polar surface area (TPSA) is 214 Å². The molecule has 12 nitrogen and oxygen atoms in total. The molecule has 3 amide bonds. The first-order valence-electron chi connectivity index (χ1n) is 10.4. The van der Waals surface area contributed by atoms with E-state index in [4.69, 9.17) is 16.6 Å². The van der Waals surface area contributed by atoms with Gasteiger partial charge in [-0.25, -0.2) is 4.79 Å². The summed E-state index contributed by atoms with van der Waals surface area (Å²) in [4.78, 5) is 59.7. The van der Waals surface area contributed by atoms with E-state index >= 15 is 0 Å². The molecule has 0 fully saturated rings. The van der Waals surface area contributed by atoms with Crippen molar-refractivity contribution < 1.29 is 34.2 Å². The minimum absolute atomic E-state index is 0.136. The highest BCUT2D eigenvalue weighted by Crippen LogP contribution is 2.10. The van der Waals surface area contributed by atoms with Crippen molar-refractivity contribution >= 4 is 42.3 Å². The van der Waals surface area contributed by atoms with Gasteiger partial charge in [-0.15, -0.1) is 0 Å². The maximum atomic E-state index is 12.8. The maximum Gasteiger partial charge on any atom is 0.326 e. The fourth-order valence-corrected chi connectivity index (χ4v) is 2.98. The lowest BCUT2D eigenvalue weighted by molar-refractivity contribution is -0.142. The zero-order chi connectivity index (χ0) is 24.8. The van der Waals surface area contributed by atoms with Gasteiger partial charge in [0, 0.05) is 5.75 Å². The highest BCUT2D eigenvalue weighted by Gasteiger charge is 2.32. The van der Waals surface area contributed by atoms with Crippen LogP contribution in [-0.2, 0) is 24.0 Å². The number of rotatable bonds is 16. The van der Waals surface area contributed by atoms with Crippen LogP contribution in [0.3, 0.4) is 0 Å². The molecule has 0 aliphatic rings. The summed E-state index contributed by atoms with van der Waals surface area (Å²) in [5.41, 5.74) is 10.9. The Hall–Kier alpha value is -2.38. The summed E-state index contributed by atoms with van der Waals surface area (Å²) in [7, 11) is 0. The van der Waals surface area contributed by atoms with Crippen molar-refractivity contribution in [3.63, 3.8) is 0 Å². The molecule has 0 heterocycles. The van der Waals surface area contributed by atoms with Gasteiger partial charge < -0.3 is 37.6 Å². The Morgan fingerprint density at radius 1 is 0.938 bits per heavy atom. The Morgan fingerprint density at radius 2 is 1.53 bits per heavy atom. The summed E-state index contributed by atoms with van der Waals surface area (Å²) in [6.07, 6.45) is 1.20. The van der Waals surface area contributed by atoms with Crippen molar-refractivity contribution in [2.45, 2.75) is 70.1 Å². The lowest BCUT2D eigenvalue weighted by Crippen LogP contribution is -2.59. The number of carboxylic acids is 2. The van der Waals surface area contributed by atoms with Crippen LogP contribution >= 0.6 is 12.6 Å². The molecule has 0 bridgehead atoms. The van der Waals surface area contributed by atoms with Gasteiger partial charge in [0.05, 0.1) is 12.5 Å². The second kappa shape index (κ2) is 15.4. The predicted octanol–water partition coefficient (Wildman–Crippen LogP) is -1.57. The van der Waals surface area contributed by atoms with Crippen LogP contribution in [0.1, 0.15) is 46.0 Å². The van der Waals surface area contributed by atoms with Crippen LogP contribution < -0.4 is 27.4 Å². The molecule has 0 aliphatic heterocycles. The van der Waals surface area contributed by atoms with E-state index in [0.717, 1.165) is 0 Å². The molecule has 0 radical (unpaired) electrons. The summed E-state index contributed by atoms with van der Waals surface area (Å²) in [6.45, 7) is 3.92. The Morgan fingerprint density at radius 3 is 2.00 bits per heavy atom. The van der Waals surface area contributed by atoms with Gasteiger partial charge in [0.1, 0.15) is 18.1 Å². The second-order valence-electron chi connectivity index (χ2n) is 7.50. The molecule has 5 atom stereocenters. The number of hydrogen-bond donors (Lipinski definition) is 8. The van der Waals surface area contributed by atoms with E-state index in [2.05, 4.69) is 28.6 Å². The number of hydrogen-bond acceptors (Lipinski definition) is 8. The van der Waals surface area contributed by atoms with Gasteiger partial charge in [0.15, 0.2) is 0 Å². The third-order valence-corrected chi connectivity index (χ3v) is 5.27. The monoisotopic (exact) mass is 477 g/mol. The van der Waals surface area contributed by atoms with Gasteiger partial charge in [-0.3, -0.25) is 19.2 Å². The number of thiol groups is 1. The Bertz CT molecular complexity index is 664. The molecule has 13 heteroatoms. The summed E-state index contributed by atoms with van der Waals surface area (Å²) in [6, 6.07) is -4.73. The Labute approximate surface area is 192 Å². The smallest absolute Gasteiger partial charge is 0.326 e. The predicted molar refractivity (Wildman–Crippen MR) is 120 cm³/mol. The Kier molecular flexibility index (Phi) is 14.3. The summed E-state index contributed by atoms with van der Waals surface area (Å²) < 4.78 is 0. The Balaban J connectivity index is 5.27. The SMILES string of the molecule is CCC(C)C(NC(=O)C(CS)NC(=O)C(N)CC(=O)O)C(=O)NC(CCCCN)C(=O)O. The number of carbonyl (C=O) groups is 5. The number of amides is 3. The second-order valence-corrected chi connectivity index (χ2v) is 7.87. The van der Waals surface area contributed by atoms with Gasteiger partial charge in [-0.2, -0.15) is 12.6 Å². The first-order valence-corrected chi connectivity index (χ1v) is 11.0. The molecule has 9 N–H and O–H groups in total. The molecule has 0 rings (SSSR count). The molecule has 0 aromatic carbocycles. The zero-order valence-corrected chi connectivity index (χ0v) is 19.3. The van der Waals surface area contributed by atoms with Crippen LogP contribution in [-0.4, -0.2) is 76.3 Å². The first kappa shape index (κ1) is 29.6. The van der Waals surface area contributed by atoms with Crippen LogP contribution in [0.15, 0.2) is 0 Å². The van der Waals surface area contributed by atoms with Crippen LogP contribution in [0.25, 0.3) is 0 Å². The highest BCUT2D eigenvalue weighted by atomic mass is 32.1. The third-order valence-electron chi connectivity index (χ3n) is 4.90. The van der Waals surface area contributed by atoms with Crippen LogP contribution in [0, 0.1) is 5.92 Å². The van der Waals surface area contributed by atoms with Crippen molar-refractivity contribution in [3.05, 3.63) is 0 Å². The van der Waals surface area contributed by atoms with Gasteiger partial charge in [0.25, 0.3) is 0 Å². The molecular formula is C19H35N5O7S. The average Bonchev–Trinajstić information content (AvgIpc) is 2.73. The third kappa shape index (κ3) is 10.8. The minimum Gasteiger partial charge on any atom is -0.481 e. The van der Waals surface area contributed by atoms with E-state index in [0.29, 0.717) is 25.8 Å². The van der Waals surface area contributed by atoms with E-state index in [1.165, 1.54) is 0 Å². The molecule has 0 aliphatic carbocycles. The lowest BCUT2D eigenvalue weighted by Gasteiger charge is -2.27. The molecule has 184 valence electrons. The quantitative estimate of drug-likeness (QED) is 0.0950. The maximum absolute atomic E-state index is 12.8. The largest absolute Gasteiger partial charge is 0.481 e. The number of carbonyl (C=O) groups excluding carboxylic acids is 3. The number of aliphatic carboxylic acids is 2. The first-order chi connectivity index (χ1) is 15.0. The number of carboxylic acid groups (broad SMARTS) is 2. The van der Waals surface area contributed by atoms with Crippen molar-refractivity contribution in [2.75, 3.05) is 12.3 Å². The molecule has 0 aromatic heterocycles. The van der Waals surface area contributed by atoms with Gasteiger partial charge >= 0.3 is 11.9 Å². The normalized spacial score (nSPS) is 15.5. The molecule has 0 saturated carbocycles. The van der Waals surface area contributed by atoms with Gasteiger partial charge in [0.2, 0.25) is 17.7 Å². The lowest BCUT2D eigenvalue weighted by atomic mass is 9.97. The van der Waals surface area contributed by atoms with E-state index in [-0.39, 0.29) is 18.1 Å². The van der Waals surface area contributed by atoms with Gasteiger partial charge in [-0.05, 0) is 31.7 Å². The van der Waals surface area contributed by atoms with Crippen LogP contribution in [0.2, 0.25) is 0 Å². The minimum atomic E-state index is -1.36. The number of unbranched alkanes of at least 4 members (excludes halogenated alkanes) is 1. The molecule has 32 heavy (non-hydrogen) atoms. The molecular weight excluding hydrogens is 442 g/mol. The standard InChI is InChI=1S/C19H35N5O7S/c1-3-10(2)15(18(29)22-12(19(30)31)6-4-5-7-20)24-17(28)13(9-32)23-16(27)11(21)8-14(25)26/h10-13,15,32H,3-9,20-21H2,1-2H3,(H,22,29)(H,23,27)(H,24,28)(H,25,26)(H,30,31). The van der Waals surface area contributed by atoms with Crippen molar-refractivity contribution in [3.8, 4) is 0 Å². The summed E-state index contributed by atoms with van der Waals surface area (Å²) in [5, 5.41) is 25.4. The highest BCUT2D eigenvalue weighted by molar-refractivity contribution is 7.80. The van der Waals surface area contributed by atoms with E-state index in [1.807, 2.05) is 0 Å². The fraction of sp³-hybridized carbons (Fsp3) is 0.737. The van der Waals surface area contributed by atoms with E-state index < -0.39 is 60.2 Å². The fourth-order valence-electron chi connectivity index (χ4n) is 2.72.